The Morgan fingerprint density at radius 2 is 1.95 bits per heavy atom. The third-order valence-electron chi connectivity index (χ3n) is 3.78. The molecule has 7 heteroatoms. The van der Waals surface area contributed by atoms with Gasteiger partial charge in [0.05, 0.1) is 17.6 Å². The maximum Gasteiger partial charge on any atom is 0.272 e. The van der Waals surface area contributed by atoms with Crippen molar-refractivity contribution in [1.29, 1.82) is 0 Å². The first-order valence-electron chi connectivity index (χ1n) is 6.88. The third-order valence-corrected chi connectivity index (χ3v) is 3.78. The highest BCUT2D eigenvalue weighted by Gasteiger charge is 2.24. The second-order valence-electron chi connectivity index (χ2n) is 5.05. The summed E-state index contributed by atoms with van der Waals surface area (Å²) in [5, 5.41) is 4.04. The Morgan fingerprint density at radius 1 is 1.19 bits per heavy atom. The van der Waals surface area contributed by atoms with Crippen molar-refractivity contribution in [2.45, 2.75) is 0 Å². The van der Waals surface area contributed by atoms with Crippen LogP contribution in [0.15, 0.2) is 30.7 Å². The molecule has 1 aliphatic heterocycles. The Hall–Kier alpha value is -2.57. The van der Waals surface area contributed by atoms with Crippen LogP contribution in [-0.4, -0.2) is 51.8 Å². The van der Waals surface area contributed by atoms with E-state index in [-0.39, 0.29) is 5.91 Å². The van der Waals surface area contributed by atoms with Gasteiger partial charge in [-0.1, -0.05) is 0 Å². The van der Waals surface area contributed by atoms with Gasteiger partial charge >= 0.3 is 0 Å². The maximum absolute atomic E-state index is 12.4. The Labute approximate surface area is 123 Å². The SMILES string of the molecule is Cn1nccc1C(=O)N1CCN(c2ccncc2N)CC1. The number of nitrogen functional groups attached to an aromatic ring is 1. The fraction of sp³-hybridized carbons (Fsp3) is 0.357. The Kier molecular flexibility index (Phi) is 3.47. The van der Waals surface area contributed by atoms with Gasteiger partial charge in [0.15, 0.2) is 0 Å². The number of piperazine rings is 1. The van der Waals surface area contributed by atoms with Crippen LogP contribution >= 0.6 is 0 Å². The quantitative estimate of drug-likeness (QED) is 0.862. The largest absolute Gasteiger partial charge is 0.396 e. The van der Waals surface area contributed by atoms with E-state index in [0.717, 1.165) is 18.8 Å². The molecule has 1 amide bonds. The Balaban J connectivity index is 1.67. The third kappa shape index (κ3) is 2.54. The summed E-state index contributed by atoms with van der Waals surface area (Å²) in [7, 11) is 1.78. The molecule has 0 aromatic carbocycles. The van der Waals surface area contributed by atoms with E-state index in [1.54, 1.807) is 36.4 Å². The zero-order valence-corrected chi connectivity index (χ0v) is 11.9. The summed E-state index contributed by atoms with van der Waals surface area (Å²) in [5.74, 6) is 0.0253. The molecule has 0 unspecified atom stereocenters. The molecular weight excluding hydrogens is 268 g/mol. The van der Waals surface area contributed by atoms with Crippen molar-refractivity contribution >= 4 is 17.3 Å². The Morgan fingerprint density at radius 3 is 2.57 bits per heavy atom. The molecule has 0 radical (unpaired) electrons. The van der Waals surface area contributed by atoms with E-state index >= 15 is 0 Å². The lowest BCUT2D eigenvalue weighted by atomic mass is 10.2. The standard InChI is InChI=1S/C14H18N6O/c1-18-13(3-5-17-18)14(21)20-8-6-19(7-9-20)12-2-4-16-10-11(12)15/h2-5,10H,6-9,15H2,1H3. The molecule has 0 saturated carbocycles. The van der Waals surface area contributed by atoms with Crippen LogP contribution in [0.5, 0.6) is 0 Å². The van der Waals surface area contributed by atoms with Gasteiger partial charge < -0.3 is 15.5 Å². The minimum Gasteiger partial charge on any atom is -0.396 e. The summed E-state index contributed by atoms with van der Waals surface area (Å²) in [6.45, 7) is 2.87. The van der Waals surface area contributed by atoms with Crippen LogP contribution in [0.2, 0.25) is 0 Å². The van der Waals surface area contributed by atoms with Crippen LogP contribution in [0.25, 0.3) is 0 Å². The zero-order valence-electron chi connectivity index (χ0n) is 11.9. The molecule has 110 valence electrons. The van der Waals surface area contributed by atoms with Gasteiger partial charge in [0.25, 0.3) is 5.91 Å². The van der Waals surface area contributed by atoms with E-state index in [0.29, 0.717) is 24.5 Å². The average Bonchev–Trinajstić information content (AvgIpc) is 2.93. The van der Waals surface area contributed by atoms with Gasteiger partial charge in [0.1, 0.15) is 5.69 Å². The number of anilines is 2. The van der Waals surface area contributed by atoms with Gasteiger partial charge in [-0.2, -0.15) is 5.10 Å². The molecule has 1 aliphatic rings. The molecule has 21 heavy (non-hydrogen) atoms. The number of amides is 1. The highest BCUT2D eigenvalue weighted by Crippen LogP contribution is 2.22. The van der Waals surface area contributed by atoms with Gasteiger partial charge in [-0.15, -0.1) is 0 Å². The molecule has 3 rings (SSSR count). The van der Waals surface area contributed by atoms with E-state index < -0.39 is 0 Å². The molecule has 2 aromatic rings. The Bertz CT molecular complexity index is 644. The van der Waals surface area contributed by atoms with Gasteiger partial charge in [0, 0.05) is 45.6 Å². The number of aryl methyl sites for hydroxylation is 1. The first-order chi connectivity index (χ1) is 10.2. The minimum absolute atomic E-state index is 0.0253. The number of rotatable bonds is 2. The number of aromatic nitrogens is 3. The number of pyridine rings is 1. The lowest BCUT2D eigenvalue weighted by Crippen LogP contribution is -2.49. The van der Waals surface area contributed by atoms with Crippen LogP contribution in [0.3, 0.4) is 0 Å². The monoisotopic (exact) mass is 286 g/mol. The van der Waals surface area contributed by atoms with Crippen molar-refractivity contribution in [2.75, 3.05) is 36.8 Å². The fourth-order valence-electron chi connectivity index (χ4n) is 2.58. The number of hydrogen-bond donors (Lipinski definition) is 1. The van der Waals surface area contributed by atoms with Gasteiger partial charge in [-0.25, -0.2) is 0 Å². The second kappa shape index (κ2) is 5.43. The molecule has 7 nitrogen and oxygen atoms in total. The molecule has 0 bridgehead atoms. The average molecular weight is 286 g/mol. The van der Waals surface area contributed by atoms with Crippen LogP contribution in [-0.2, 0) is 7.05 Å². The summed E-state index contributed by atoms with van der Waals surface area (Å²) < 4.78 is 1.61. The van der Waals surface area contributed by atoms with Gasteiger partial charge in [-0.05, 0) is 12.1 Å². The number of carbonyl (C=O) groups excluding carboxylic acids is 1. The lowest BCUT2D eigenvalue weighted by molar-refractivity contribution is 0.0736. The normalized spacial score (nSPS) is 15.3. The van der Waals surface area contributed by atoms with Crippen molar-refractivity contribution in [3.63, 3.8) is 0 Å². The molecular formula is C14H18N6O. The maximum atomic E-state index is 12.4. The van der Waals surface area contributed by atoms with Crippen molar-refractivity contribution in [3.05, 3.63) is 36.4 Å². The molecule has 1 saturated heterocycles. The van der Waals surface area contributed by atoms with Crippen LogP contribution in [0, 0.1) is 0 Å². The predicted octanol–water partition coefficient (Wildman–Crippen LogP) is 0.360. The highest BCUT2D eigenvalue weighted by molar-refractivity contribution is 5.92. The summed E-state index contributed by atoms with van der Waals surface area (Å²) in [6, 6.07) is 3.66. The zero-order chi connectivity index (χ0) is 14.8. The minimum atomic E-state index is 0.0253. The van der Waals surface area contributed by atoms with Gasteiger partial charge in [0.2, 0.25) is 0 Å². The number of nitrogens with two attached hydrogens (primary N) is 1. The highest BCUT2D eigenvalue weighted by atomic mass is 16.2. The van der Waals surface area contributed by atoms with Gasteiger partial charge in [-0.3, -0.25) is 14.5 Å². The molecule has 0 atom stereocenters. The van der Waals surface area contributed by atoms with E-state index in [4.69, 9.17) is 5.73 Å². The van der Waals surface area contributed by atoms with Crippen molar-refractivity contribution < 1.29 is 4.79 Å². The van der Waals surface area contributed by atoms with Crippen LogP contribution in [0.4, 0.5) is 11.4 Å². The van der Waals surface area contributed by atoms with Crippen molar-refractivity contribution in [1.82, 2.24) is 19.7 Å². The molecule has 0 aliphatic carbocycles. The first-order valence-corrected chi connectivity index (χ1v) is 6.88. The van der Waals surface area contributed by atoms with Crippen molar-refractivity contribution in [2.24, 2.45) is 7.05 Å². The molecule has 2 N–H and O–H groups in total. The van der Waals surface area contributed by atoms with Crippen molar-refractivity contribution in [3.8, 4) is 0 Å². The van der Waals surface area contributed by atoms with Crippen LogP contribution in [0.1, 0.15) is 10.5 Å². The topological polar surface area (TPSA) is 80.3 Å². The number of hydrogen-bond acceptors (Lipinski definition) is 5. The van der Waals surface area contributed by atoms with E-state index in [2.05, 4.69) is 15.0 Å². The van der Waals surface area contributed by atoms with E-state index in [9.17, 15) is 4.79 Å². The summed E-state index contributed by atoms with van der Waals surface area (Å²) >= 11 is 0. The summed E-state index contributed by atoms with van der Waals surface area (Å²) in [4.78, 5) is 20.4. The summed E-state index contributed by atoms with van der Waals surface area (Å²) in [5.41, 5.74) is 8.22. The fourth-order valence-corrected chi connectivity index (χ4v) is 2.58. The van der Waals surface area contributed by atoms with E-state index in [1.807, 2.05) is 11.0 Å². The van der Waals surface area contributed by atoms with Crippen LogP contribution < -0.4 is 10.6 Å². The number of nitrogens with zero attached hydrogens (tertiary/aromatic N) is 5. The summed E-state index contributed by atoms with van der Waals surface area (Å²) in [6.07, 6.45) is 5.03. The number of carbonyl (C=O) groups is 1. The second-order valence-corrected chi connectivity index (χ2v) is 5.05. The predicted molar refractivity (Wildman–Crippen MR) is 80.0 cm³/mol. The smallest absolute Gasteiger partial charge is 0.272 e. The molecule has 3 heterocycles. The molecule has 1 fully saturated rings. The molecule has 2 aromatic heterocycles. The lowest BCUT2D eigenvalue weighted by Gasteiger charge is -2.36. The molecule has 0 spiro atoms. The first kappa shape index (κ1) is 13.4. The van der Waals surface area contributed by atoms with E-state index in [1.165, 1.54) is 0 Å².